The van der Waals surface area contributed by atoms with Crippen LogP contribution in [0, 0.1) is 11.3 Å². The van der Waals surface area contributed by atoms with Crippen LogP contribution < -0.4 is 10.6 Å². The Morgan fingerprint density at radius 1 is 1.48 bits per heavy atom. The Kier molecular flexibility index (Phi) is 4.31. The number of piperidine rings is 1. The van der Waals surface area contributed by atoms with Gasteiger partial charge < -0.3 is 15.7 Å². The van der Waals surface area contributed by atoms with Crippen LogP contribution in [0.15, 0.2) is 30.5 Å². The molecule has 4 N–H and O–H groups in total. The Bertz CT molecular complexity index is 794. The van der Waals surface area contributed by atoms with E-state index in [-0.39, 0.29) is 24.5 Å². The second kappa shape index (κ2) is 6.61. The van der Waals surface area contributed by atoms with Gasteiger partial charge in [-0.1, -0.05) is 18.2 Å². The first-order valence-electron chi connectivity index (χ1n) is 8.95. The van der Waals surface area contributed by atoms with E-state index in [0.717, 1.165) is 42.4 Å². The van der Waals surface area contributed by atoms with Gasteiger partial charge in [0.25, 0.3) is 0 Å². The number of allylic oxidation sites excluding steroid dienone is 1. The molecule has 6 heteroatoms. The Balaban J connectivity index is 1.41. The molecule has 1 aliphatic heterocycles. The van der Waals surface area contributed by atoms with Gasteiger partial charge in [0.15, 0.2) is 0 Å². The van der Waals surface area contributed by atoms with Crippen molar-refractivity contribution in [1.29, 1.82) is 0 Å². The fraction of sp³-hybridized carbons (Fsp3) is 0.474. The Labute approximate surface area is 146 Å². The van der Waals surface area contributed by atoms with Crippen molar-refractivity contribution in [3.05, 3.63) is 36.0 Å². The zero-order chi connectivity index (χ0) is 17.3. The third-order valence-corrected chi connectivity index (χ3v) is 5.49. The lowest BCUT2D eigenvalue weighted by Gasteiger charge is -2.26. The number of aromatic nitrogens is 2. The van der Waals surface area contributed by atoms with E-state index in [0.29, 0.717) is 6.42 Å². The van der Waals surface area contributed by atoms with E-state index in [1.807, 2.05) is 18.2 Å². The Morgan fingerprint density at radius 3 is 3.20 bits per heavy atom. The minimum absolute atomic E-state index is 0.0105. The number of aliphatic hydroxyl groups is 1. The van der Waals surface area contributed by atoms with Crippen LogP contribution in [-0.2, 0) is 4.79 Å². The SMILES string of the molecule is O=C(NC1CCCNC1)C1(CO)CC1/C=C/c1ccc2[nH]ncc2c1. The van der Waals surface area contributed by atoms with Gasteiger partial charge in [-0.2, -0.15) is 5.10 Å². The summed E-state index contributed by atoms with van der Waals surface area (Å²) >= 11 is 0. The molecule has 1 aromatic carbocycles. The standard InChI is InChI=1S/C19H24N4O2/c24-12-19(18(25)22-16-2-1-7-20-11-16)9-15(19)5-3-13-4-6-17-14(8-13)10-21-23-17/h3-6,8,10,15-16,20,24H,1-2,7,9,11-12H2,(H,21,23)(H,22,25)/b5-3+. The molecule has 2 fully saturated rings. The summed E-state index contributed by atoms with van der Waals surface area (Å²) in [5, 5.41) is 24.3. The zero-order valence-corrected chi connectivity index (χ0v) is 14.2. The predicted molar refractivity (Wildman–Crippen MR) is 96.8 cm³/mol. The number of H-pyrrole nitrogens is 1. The number of rotatable bonds is 5. The molecule has 0 spiro atoms. The molecule has 0 radical (unpaired) electrons. The highest BCUT2D eigenvalue weighted by Gasteiger charge is 2.58. The van der Waals surface area contributed by atoms with E-state index in [2.05, 4.69) is 33.0 Å². The molecule has 4 rings (SSSR count). The highest BCUT2D eigenvalue weighted by molar-refractivity contribution is 5.87. The summed E-state index contributed by atoms with van der Waals surface area (Å²) < 4.78 is 0. The fourth-order valence-electron chi connectivity index (χ4n) is 3.70. The van der Waals surface area contributed by atoms with E-state index >= 15 is 0 Å². The van der Waals surface area contributed by atoms with E-state index in [1.165, 1.54) is 0 Å². The maximum atomic E-state index is 12.6. The molecule has 2 aromatic rings. The summed E-state index contributed by atoms with van der Waals surface area (Å²) in [7, 11) is 0. The average Bonchev–Trinajstić information content (AvgIpc) is 3.18. The predicted octanol–water partition coefficient (Wildman–Crippen LogP) is 1.44. The van der Waals surface area contributed by atoms with Crippen LogP contribution in [-0.4, -0.2) is 46.9 Å². The normalized spacial score (nSPS) is 29.2. The van der Waals surface area contributed by atoms with Crippen LogP contribution in [0.4, 0.5) is 0 Å². The first-order valence-corrected chi connectivity index (χ1v) is 8.95. The van der Waals surface area contributed by atoms with Crippen LogP contribution in [0.5, 0.6) is 0 Å². The lowest BCUT2D eigenvalue weighted by atomic mass is 10.0. The summed E-state index contributed by atoms with van der Waals surface area (Å²) in [5.74, 6) is 0.0812. The van der Waals surface area contributed by atoms with Crippen molar-refractivity contribution in [2.24, 2.45) is 11.3 Å². The maximum absolute atomic E-state index is 12.6. The number of benzene rings is 1. The number of carbonyl (C=O) groups excluding carboxylic acids is 1. The molecule has 1 saturated heterocycles. The Hall–Kier alpha value is -2.18. The molecule has 3 unspecified atom stereocenters. The number of amides is 1. The first kappa shape index (κ1) is 16.3. The number of nitrogens with one attached hydrogen (secondary N) is 3. The van der Waals surface area contributed by atoms with E-state index in [9.17, 15) is 9.90 Å². The molecule has 1 saturated carbocycles. The third kappa shape index (κ3) is 3.19. The van der Waals surface area contributed by atoms with Gasteiger partial charge in [-0.3, -0.25) is 9.89 Å². The third-order valence-electron chi connectivity index (χ3n) is 5.49. The molecule has 132 valence electrons. The first-order chi connectivity index (χ1) is 12.2. The highest BCUT2D eigenvalue weighted by Crippen LogP contribution is 2.53. The van der Waals surface area contributed by atoms with E-state index in [4.69, 9.17) is 0 Å². The number of aliphatic hydroxyl groups excluding tert-OH is 1. The van der Waals surface area contributed by atoms with Crippen LogP contribution in [0.1, 0.15) is 24.8 Å². The summed E-state index contributed by atoms with van der Waals surface area (Å²) in [6.07, 6.45) is 8.68. The zero-order valence-electron chi connectivity index (χ0n) is 14.2. The second-order valence-corrected chi connectivity index (χ2v) is 7.22. The lowest BCUT2D eigenvalue weighted by molar-refractivity contribution is -0.129. The van der Waals surface area contributed by atoms with Gasteiger partial charge >= 0.3 is 0 Å². The highest BCUT2D eigenvalue weighted by atomic mass is 16.3. The van der Waals surface area contributed by atoms with Crippen molar-refractivity contribution in [2.75, 3.05) is 19.7 Å². The van der Waals surface area contributed by atoms with Gasteiger partial charge in [0.2, 0.25) is 5.91 Å². The molecule has 1 aromatic heterocycles. The number of nitrogens with zero attached hydrogens (tertiary/aromatic N) is 1. The van der Waals surface area contributed by atoms with Crippen molar-refractivity contribution in [3.63, 3.8) is 0 Å². The number of hydrogen-bond acceptors (Lipinski definition) is 4. The number of hydrogen-bond donors (Lipinski definition) is 4. The van der Waals surface area contributed by atoms with Gasteiger partial charge in [-0.15, -0.1) is 0 Å². The molecular weight excluding hydrogens is 316 g/mol. The van der Waals surface area contributed by atoms with Gasteiger partial charge in [-0.05, 0) is 49.4 Å². The van der Waals surface area contributed by atoms with Crippen molar-refractivity contribution < 1.29 is 9.90 Å². The largest absolute Gasteiger partial charge is 0.395 e. The summed E-state index contributed by atoms with van der Waals surface area (Å²) in [4.78, 5) is 12.6. The molecule has 1 amide bonds. The van der Waals surface area contributed by atoms with E-state index in [1.54, 1.807) is 6.20 Å². The fourth-order valence-corrected chi connectivity index (χ4v) is 3.70. The molecule has 6 nitrogen and oxygen atoms in total. The van der Waals surface area contributed by atoms with Gasteiger partial charge in [0.1, 0.15) is 0 Å². The van der Waals surface area contributed by atoms with Crippen molar-refractivity contribution in [3.8, 4) is 0 Å². The number of fused-ring (bicyclic) bond motifs is 1. The van der Waals surface area contributed by atoms with Crippen LogP contribution in [0.25, 0.3) is 17.0 Å². The summed E-state index contributed by atoms with van der Waals surface area (Å²) in [6, 6.07) is 6.26. The molecule has 25 heavy (non-hydrogen) atoms. The average molecular weight is 340 g/mol. The molecule has 1 aliphatic carbocycles. The summed E-state index contributed by atoms with van der Waals surface area (Å²) in [6.45, 7) is 1.73. The van der Waals surface area contributed by atoms with Gasteiger partial charge in [0.05, 0.1) is 23.7 Å². The van der Waals surface area contributed by atoms with Gasteiger partial charge in [0, 0.05) is 18.0 Å². The van der Waals surface area contributed by atoms with Crippen LogP contribution in [0.3, 0.4) is 0 Å². The lowest BCUT2D eigenvalue weighted by Crippen LogP contribution is -2.48. The molecule has 3 atom stereocenters. The molecular formula is C19H24N4O2. The molecule has 2 aliphatic rings. The second-order valence-electron chi connectivity index (χ2n) is 7.22. The minimum Gasteiger partial charge on any atom is -0.395 e. The Morgan fingerprint density at radius 2 is 2.40 bits per heavy atom. The van der Waals surface area contributed by atoms with Crippen LogP contribution in [0.2, 0.25) is 0 Å². The molecule has 2 heterocycles. The molecule has 0 bridgehead atoms. The van der Waals surface area contributed by atoms with E-state index < -0.39 is 5.41 Å². The van der Waals surface area contributed by atoms with Gasteiger partial charge in [-0.25, -0.2) is 0 Å². The van der Waals surface area contributed by atoms with Crippen LogP contribution >= 0.6 is 0 Å². The minimum atomic E-state index is -0.645. The summed E-state index contributed by atoms with van der Waals surface area (Å²) in [5.41, 5.74) is 1.44. The topological polar surface area (TPSA) is 90.0 Å². The van der Waals surface area contributed by atoms with Crippen molar-refractivity contribution >= 4 is 22.9 Å². The monoisotopic (exact) mass is 340 g/mol. The number of aromatic amines is 1. The van der Waals surface area contributed by atoms with Crippen molar-refractivity contribution in [2.45, 2.75) is 25.3 Å². The van der Waals surface area contributed by atoms with Crippen molar-refractivity contribution in [1.82, 2.24) is 20.8 Å². The quantitative estimate of drug-likeness (QED) is 0.663. The number of carbonyl (C=O) groups is 1. The maximum Gasteiger partial charge on any atom is 0.229 e. The smallest absolute Gasteiger partial charge is 0.229 e.